The second-order valence-electron chi connectivity index (χ2n) is 5.40. The molecule has 114 valence electrons. The lowest BCUT2D eigenvalue weighted by molar-refractivity contribution is -0.128. The number of anilines is 1. The Morgan fingerprint density at radius 1 is 1.24 bits per heavy atom. The molecule has 1 aliphatic carbocycles. The van der Waals surface area contributed by atoms with E-state index in [1.807, 2.05) is 0 Å². The molecule has 21 heavy (non-hydrogen) atoms. The van der Waals surface area contributed by atoms with Crippen molar-refractivity contribution in [2.24, 2.45) is 11.7 Å². The average Bonchev–Trinajstić information content (AvgIpc) is 2.47. The Balaban J connectivity index is 1.75. The van der Waals surface area contributed by atoms with Crippen molar-refractivity contribution < 1.29 is 14.0 Å². The van der Waals surface area contributed by atoms with E-state index in [2.05, 4.69) is 10.6 Å². The number of nitrogens with one attached hydrogen (secondary N) is 2. The standard InChI is InChI=1S/C15H20FN3O2/c16-11-4-6-13(7-5-11)19-14(20)9-18-15(21)10-2-1-3-12(17)8-10/h4-7,10,12H,1-3,8-9,17H2,(H,18,21)(H,19,20). The summed E-state index contributed by atoms with van der Waals surface area (Å²) in [5, 5.41) is 5.21. The van der Waals surface area contributed by atoms with E-state index in [0.717, 1.165) is 19.3 Å². The smallest absolute Gasteiger partial charge is 0.243 e. The van der Waals surface area contributed by atoms with Gasteiger partial charge in [0.25, 0.3) is 0 Å². The molecule has 0 heterocycles. The van der Waals surface area contributed by atoms with Crippen LogP contribution in [0.4, 0.5) is 10.1 Å². The third-order valence-electron chi connectivity index (χ3n) is 3.64. The van der Waals surface area contributed by atoms with E-state index in [4.69, 9.17) is 5.73 Å². The van der Waals surface area contributed by atoms with Gasteiger partial charge in [0.2, 0.25) is 11.8 Å². The van der Waals surface area contributed by atoms with Crippen LogP contribution < -0.4 is 16.4 Å². The number of carbonyl (C=O) groups is 2. The van der Waals surface area contributed by atoms with Crippen LogP contribution in [0.3, 0.4) is 0 Å². The van der Waals surface area contributed by atoms with Crippen molar-refractivity contribution in [2.75, 3.05) is 11.9 Å². The van der Waals surface area contributed by atoms with Gasteiger partial charge in [-0.1, -0.05) is 6.42 Å². The molecule has 0 aromatic heterocycles. The molecule has 2 amide bonds. The van der Waals surface area contributed by atoms with E-state index in [9.17, 15) is 14.0 Å². The zero-order valence-corrected chi connectivity index (χ0v) is 11.8. The highest BCUT2D eigenvalue weighted by Crippen LogP contribution is 2.22. The second kappa shape index (κ2) is 7.17. The molecular formula is C15H20FN3O2. The first-order valence-electron chi connectivity index (χ1n) is 7.13. The van der Waals surface area contributed by atoms with Gasteiger partial charge in [-0.2, -0.15) is 0 Å². The fraction of sp³-hybridized carbons (Fsp3) is 0.467. The topological polar surface area (TPSA) is 84.2 Å². The maximum absolute atomic E-state index is 12.7. The monoisotopic (exact) mass is 293 g/mol. The molecule has 0 aliphatic heterocycles. The minimum atomic E-state index is -0.366. The molecule has 0 spiro atoms. The van der Waals surface area contributed by atoms with Gasteiger partial charge >= 0.3 is 0 Å². The quantitative estimate of drug-likeness (QED) is 0.784. The van der Waals surface area contributed by atoms with Crippen LogP contribution in [0, 0.1) is 11.7 Å². The molecule has 2 rings (SSSR count). The SMILES string of the molecule is NC1CCCC(C(=O)NCC(=O)Nc2ccc(F)cc2)C1. The van der Waals surface area contributed by atoms with E-state index in [1.165, 1.54) is 24.3 Å². The Hall–Kier alpha value is -1.95. The lowest BCUT2D eigenvalue weighted by Gasteiger charge is -2.25. The highest BCUT2D eigenvalue weighted by molar-refractivity contribution is 5.94. The van der Waals surface area contributed by atoms with Gasteiger partial charge in [-0.15, -0.1) is 0 Å². The summed E-state index contributed by atoms with van der Waals surface area (Å²) in [4.78, 5) is 23.7. The lowest BCUT2D eigenvalue weighted by atomic mass is 9.85. The fourth-order valence-corrected chi connectivity index (χ4v) is 2.52. The minimum absolute atomic E-state index is 0.0718. The summed E-state index contributed by atoms with van der Waals surface area (Å²) in [6.45, 7) is -0.0953. The first kappa shape index (κ1) is 15.4. The van der Waals surface area contributed by atoms with E-state index in [0.29, 0.717) is 12.1 Å². The predicted molar refractivity (Wildman–Crippen MR) is 78.0 cm³/mol. The van der Waals surface area contributed by atoms with Gasteiger partial charge in [-0.3, -0.25) is 9.59 Å². The molecule has 2 atom stereocenters. The first-order chi connectivity index (χ1) is 10.0. The number of nitrogens with two attached hydrogens (primary N) is 1. The lowest BCUT2D eigenvalue weighted by Crippen LogP contribution is -2.40. The maximum Gasteiger partial charge on any atom is 0.243 e. The van der Waals surface area contributed by atoms with Crippen LogP contribution in [0.5, 0.6) is 0 Å². The number of hydrogen-bond acceptors (Lipinski definition) is 3. The number of halogens is 1. The Bertz CT molecular complexity index is 504. The summed E-state index contributed by atoms with van der Waals surface area (Å²) >= 11 is 0. The Labute approximate surface area is 123 Å². The number of hydrogen-bond donors (Lipinski definition) is 3. The number of carbonyl (C=O) groups excluding carboxylic acids is 2. The summed E-state index contributed by atoms with van der Waals surface area (Å²) in [6.07, 6.45) is 3.39. The Kier molecular flexibility index (Phi) is 5.27. The minimum Gasteiger partial charge on any atom is -0.347 e. The van der Waals surface area contributed by atoms with Gasteiger partial charge in [0.15, 0.2) is 0 Å². The molecule has 6 heteroatoms. The highest BCUT2D eigenvalue weighted by atomic mass is 19.1. The van der Waals surface area contributed by atoms with Gasteiger partial charge in [0, 0.05) is 17.6 Å². The first-order valence-corrected chi connectivity index (χ1v) is 7.13. The zero-order chi connectivity index (χ0) is 15.2. The number of benzene rings is 1. The molecule has 0 bridgehead atoms. The Morgan fingerprint density at radius 3 is 2.62 bits per heavy atom. The Morgan fingerprint density at radius 2 is 1.95 bits per heavy atom. The molecule has 1 aromatic carbocycles. The van der Waals surface area contributed by atoms with Gasteiger partial charge in [0.05, 0.1) is 6.54 Å². The molecule has 1 fully saturated rings. The maximum atomic E-state index is 12.7. The van der Waals surface area contributed by atoms with Crippen LogP contribution in [0.2, 0.25) is 0 Å². The van der Waals surface area contributed by atoms with E-state index < -0.39 is 0 Å². The van der Waals surface area contributed by atoms with Crippen LogP contribution in [-0.2, 0) is 9.59 Å². The van der Waals surface area contributed by atoms with Crippen LogP contribution in [0.25, 0.3) is 0 Å². The molecule has 5 nitrogen and oxygen atoms in total. The molecule has 0 saturated heterocycles. The summed E-state index contributed by atoms with van der Waals surface area (Å²) < 4.78 is 12.7. The van der Waals surface area contributed by atoms with Gasteiger partial charge in [-0.05, 0) is 43.5 Å². The number of rotatable bonds is 4. The van der Waals surface area contributed by atoms with Crippen molar-refractivity contribution in [1.29, 1.82) is 0 Å². The molecule has 2 unspecified atom stereocenters. The fourth-order valence-electron chi connectivity index (χ4n) is 2.52. The third-order valence-corrected chi connectivity index (χ3v) is 3.64. The third kappa shape index (κ3) is 4.82. The average molecular weight is 293 g/mol. The van der Waals surface area contributed by atoms with E-state index in [-0.39, 0.29) is 36.1 Å². The molecule has 1 aliphatic rings. The normalized spacial score (nSPS) is 21.6. The number of amides is 2. The molecule has 1 saturated carbocycles. The largest absolute Gasteiger partial charge is 0.347 e. The summed E-state index contributed by atoms with van der Waals surface area (Å²) in [7, 11) is 0. The molecule has 1 aromatic rings. The zero-order valence-electron chi connectivity index (χ0n) is 11.8. The summed E-state index contributed by atoms with van der Waals surface area (Å²) in [5.74, 6) is -0.934. The van der Waals surface area contributed by atoms with Crippen molar-refractivity contribution in [3.63, 3.8) is 0 Å². The predicted octanol–water partition coefficient (Wildman–Crippen LogP) is 1.40. The highest BCUT2D eigenvalue weighted by Gasteiger charge is 2.25. The van der Waals surface area contributed by atoms with Crippen LogP contribution in [-0.4, -0.2) is 24.4 Å². The van der Waals surface area contributed by atoms with Gasteiger partial charge in [0.1, 0.15) is 5.82 Å². The molecule has 4 N–H and O–H groups in total. The van der Waals surface area contributed by atoms with E-state index >= 15 is 0 Å². The van der Waals surface area contributed by atoms with E-state index in [1.54, 1.807) is 0 Å². The van der Waals surface area contributed by atoms with Crippen LogP contribution in [0.15, 0.2) is 24.3 Å². The van der Waals surface area contributed by atoms with Gasteiger partial charge in [-0.25, -0.2) is 4.39 Å². The second-order valence-corrected chi connectivity index (χ2v) is 5.40. The van der Waals surface area contributed by atoms with Crippen molar-refractivity contribution >= 4 is 17.5 Å². The summed E-state index contributed by atoms with van der Waals surface area (Å²) in [6, 6.07) is 5.53. The van der Waals surface area contributed by atoms with Crippen LogP contribution in [0.1, 0.15) is 25.7 Å². The molecular weight excluding hydrogens is 273 g/mol. The van der Waals surface area contributed by atoms with Crippen molar-refractivity contribution in [3.8, 4) is 0 Å². The van der Waals surface area contributed by atoms with Crippen molar-refractivity contribution in [2.45, 2.75) is 31.7 Å². The van der Waals surface area contributed by atoms with Crippen molar-refractivity contribution in [3.05, 3.63) is 30.1 Å². The van der Waals surface area contributed by atoms with Crippen LogP contribution >= 0.6 is 0 Å². The van der Waals surface area contributed by atoms with Crippen molar-refractivity contribution in [1.82, 2.24) is 5.32 Å². The summed E-state index contributed by atoms with van der Waals surface area (Å²) in [5.41, 5.74) is 6.34. The molecule has 0 radical (unpaired) electrons. The van der Waals surface area contributed by atoms with Gasteiger partial charge < -0.3 is 16.4 Å².